The third-order valence-corrected chi connectivity index (χ3v) is 2.50. The number of amides is 1. The minimum absolute atomic E-state index is 0.0753. The molecule has 0 saturated carbocycles. The van der Waals surface area contributed by atoms with Crippen LogP contribution in [-0.4, -0.2) is 20.6 Å². The van der Waals surface area contributed by atoms with Crippen LogP contribution in [0.15, 0.2) is 24.3 Å². The quantitative estimate of drug-likeness (QED) is 0.786. The zero-order chi connectivity index (χ0) is 10.8. The van der Waals surface area contributed by atoms with Crippen molar-refractivity contribution in [1.29, 1.82) is 0 Å². The van der Waals surface area contributed by atoms with Gasteiger partial charge in [-0.2, -0.15) is 0 Å². The molecule has 1 rings (SSSR count). The van der Waals surface area contributed by atoms with Crippen LogP contribution in [0.4, 0.5) is 0 Å². The van der Waals surface area contributed by atoms with Gasteiger partial charge >= 0.3 is 0 Å². The van der Waals surface area contributed by atoms with Gasteiger partial charge in [-0.25, -0.2) is 8.42 Å². The van der Waals surface area contributed by atoms with Gasteiger partial charge in [-0.3, -0.25) is 4.79 Å². The molecule has 0 unspecified atom stereocenters. The highest BCUT2D eigenvalue weighted by atomic mass is 32.2. The lowest BCUT2D eigenvalue weighted by molar-refractivity contribution is 0.1000. The maximum atomic E-state index is 11.0. The number of hydrogen-bond donors (Lipinski definition) is 1. The van der Waals surface area contributed by atoms with Gasteiger partial charge in [0.1, 0.15) is 0 Å². The van der Waals surface area contributed by atoms with Crippen LogP contribution in [0.25, 0.3) is 0 Å². The van der Waals surface area contributed by atoms with E-state index in [9.17, 15) is 13.2 Å². The fourth-order valence-electron chi connectivity index (χ4n) is 1.12. The Morgan fingerprint density at radius 3 is 2.57 bits per heavy atom. The van der Waals surface area contributed by atoms with Crippen molar-refractivity contribution >= 4 is 15.7 Å². The Bertz CT molecular complexity index is 451. The highest BCUT2D eigenvalue weighted by Crippen LogP contribution is 2.07. The van der Waals surface area contributed by atoms with E-state index in [1.165, 1.54) is 6.07 Å². The van der Waals surface area contributed by atoms with Crippen LogP contribution in [0.2, 0.25) is 0 Å². The van der Waals surface area contributed by atoms with Crippen LogP contribution in [0, 0.1) is 0 Å². The van der Waals surface area contributed by atoms with Gasteiger partial charge in [0.15, 0.2) is 9.84 Å². The van der Waals surface area contributed by atoms with Gasteiger partial charge in [-0.1, -0.05) is 12.1 Å². The molecule has 0 spiro atoms. The number of hydrogen-bond acceptors (Lipinski definition) is 3. The summed E-state index contributed by atoms with van der Waals surface area (Å²) in [6.45, 7) is 0. The number of carbonyl (C=O) groups is 1. The second-order valence-corrected chi connectivity index (χ2v) is 5.27. The lowest BCUT2D eigenvalue weighted by Gasteiger charge is -2.00. The molecule has 0 atom stereocenters. The van der Waals surface area contributed by atoms with Gasteiger partial charge in [0, 0.05) is 11.8 Å². The molecular weight excluding hydrogens is 202 g/mol. The molecule has 0 radical (unpaired) electrons. The minimum atomic E-state index is -3.07. The maximum absolute atomic E-state index is 11.0. The van der Waals surface area contributed by atoms with Gasteiger partial charge < -0.3 is 5.73 Å². The normalized spacial score (nSPS) is 11.2. The summed E-state index contributed by atoms with van der Waals surface area (Å²) in [6, 6.07) is 6.30. The fourth-order valence-corrected chi connectivity index (χ4v) is 1.90. The number of nitrogens with two attached hydrogens (primary N) is 1. The molecule has 14 heavy (non-hydrogen) atoms. The van der Waals surface area contributed by atoms with Crippen molar-refractivity contribution in [1.82, 2.24) is 0 Å². The molecule has 0 aliphatic carbocycles. The second kappa shape index (κ2) is 3.79. The Morgan fingerprint density at radius 2 is 2.07 bits per heavy atom. The summed E-state index contributed by atoms with van der Waals surface area (Å²) in [5.41, 5.74) is 5.96. The van der Waals surface area contributed by atoms with Crippen molar-refractivity contribution < 1.29 is 13.2 Å². The van der Waals surface area contributed by atoms with Crippen molar-refractivity contribution in [3.05, 3.63) is 35.4 Å². The summed E-state index contributed by atoms with van der Waals surface area (Å²) in [4.78, 5) is 10.8. The molecule has 76 valence electrons. The van der Waals surface area contributed by atoms with Gasteiger partial charge in [-0.05, 0) is 17.7 Å². The second-order valence-electron chi connectivity index (χ2n) is 3.13. The van der Waals surface area contributed by atoms with Crippen LogP contribution >= 0.6 is 0 Å². The van der Waals surface area contributed by atoms with Gasteiger partial charge in [0.25, 0.3) is 0 Å². The summed E-state index contributed by atoms with van der Waals surface area (Å²) < 4.78 is 21.9. The van der Waals surface area contributed by atoms with Crippen LogP contribution in [0.5, 0.6) is 0 Å². The first kappa shape index (κ1) is 10.7. The number of rotatable bonds is 3. The van der Waals surface area contributed by atoms with Crippen molar-refractivity contribution in [3.8, 4) is 0 Å². The lowest BCUT2D eigenvalue weighted by Crippen LogP contribution is -2.11. The highest BCUT2D eigenvalue weighted by Gasteiger charge is 2.06. The Hall–Kier alpha value is -1.36. The Kier molecular flexibility index (Phi) is 2.90. The average molecular weight is 213 g/mol. The SMILES string of the molecule is CS(=O)(=O)Cc1cccc(C(N)=O)c1. The van der Waals surface area contributed by atoms with Crippen LogP contribution < -0.4 is 5.73 Å². The Labute approximate surface area is 82.7 Å². The molecule has 0 aromatic heterocycles. The maximum Gasteiger partial charge on any atom is 0.248 e. The molecule has 0 heterocycles. The predicted octanol–water partition coefficient (Wildman–Crippen LogP) is 0.330. The smallest absolute Gasteiger partial charge is 0.248 e. The number of benzene rings is 1. The van der Waals surface area contributed by atoms with E-state index >= 15 is 0 Å². The Balaban J connectivity index is 3.01. The van der Waals surface area contributed by atoms with Gasteiger partial charge in [-0.15, -0.1) is 0 Å². The van der Waals surface area contributed by atoms with E-state index in [1.807, 2.05) is 0 Å². The largest absolute Gasteiger partial charge is 0.366 e. The molecular formula is C9H11NO3S. The minimum Gasteiger partial charge on any atom is -0.366 e. The van der Waals surface area contributed by atoms with E-state index < -0.39 is 15.7 Å². The summed E-state index contributed by atoms with van der Waals surface area (Å²) >= 11 is 0. The summed E-state index contributed by atoms with van der Waals surface area (Å²) in [6.07, 6.45) is 1.14. The first-order valence-electron chi connectivity index (χ1n) is 3.95. The molecule has 1 amide bonds. The molecule has 2 N–H and O–H groups in total. The van der Waals surface area contributed by atoms with E-state index in [0.717, 1.165) is 6.26 Å². The van der Waals surface area contributed by atoms with E-state index in [4.69, 9.17) is 5.73 Å². The molecule has 0 aliphatic heterocycles. The van der Waals surface area contributed by atoms with Gasteiger partial charge in [0.05, 0.1) is 5.75 Å². The van der Waals surface area contributed by atoms with Crippen LogP contribution in [-0.2, 0) is 15.6 Å². The standard InChI is InChI=1S/C9H11NO3S/c1-14(12,13)6-7-3-2-4-8(5-7)9(10)11/h2-5H,6H2,1H3,(H2,10,11). The zero-order valence-electron chi connectivity index (χ0n) is 7.73. The average Bonchev–Trinajstić information content (AvgIpc) is 2.01. The molecule has 0 aliphatic rings. The van der Waals surface area contributed by atoms with E-state index in [2.05, 4.69) is 0 Å². The first-order valence-corrected chi connectivity index (χ1v) is 6.01. The highest BCUT2D eigenvalue weighted by molar-refractivity contribution is 7.89. The molecule has 1 aromatic rings. The number of sulfone groups is 1. The summed E-state index contributed by atoms with van der Waals surface area (Å²) in [5, 5.41) is 0. The third kappa shape index (κ3) is 3.18. The topological polar surface area (TPSA) is 77.2 Å². The predicted molar refractivity (Wildman–Crippen MR) is 53.5 cm³/mol. The van der Waals surface area contributed by atoms with Crippen molar-refractivity contribution in [3.63, 3.8) is 0 Å². The monoisotopic (exact) mass is 213 g/mol. The summed E-state index contributed by atoms with van der Waals surface area (Å²) in [7, 11) is -3.07. The van der Waals surface area contributed by atoms with E-state index in [-0.39, 0.29) is 5.75 Å². The molecule has 0 saturated heterocycles. The van der Waals surface area contributed by atoms with Crippen molar-refractivity contribution in [2.45, 2.75) is 5.75 Å². The van der Waals surface area contributed by atoms with E-state index in [1.54, 1.807) is 18.2 Å². The van der Waals surface area contributed by atoms with Crippen molar-refractivity contribution in [2.75, 3.05) is 6.26 Å². The molecule has 5 heteroatoms. The van der Waals surface area contributed by atoms with Crippen LogP contribution in [0.3, 0.4) is 0 Å². The fraction of sp³-hybridized carbons (Fsp3) is 0.222. The number of carbonyl (C=O) groups excluding carboxylic acids is 1. The molecule has 0 fully saturated rings. The Morgan fingerprint density at radius 1 is 1.43 bits per heavy atom. The van der Waals surface area contributed by atoms with Crippen LogP contribution in [0.1, 0.15) is 15.9 Å². The molecule has 4 nitrogen and oxygen atoms in total. The molecule has 1 aromatic carbocycles. The third-order valence-electron chi connectivity index (χ3n) is 1.64. The number of primary amides is 1. The van der Waals surface area contributed by atoms with Crippen molar-refractivity contribution in [2.24, 2.45) is 5.73 Å². The van der Waals surface area contributed by atoms with Gasteiger partial charge in [0.2, 0.25) is 5.91 Å². The first-order chi connectivity index (χ1) is 6.38. The molecule has 0 bridgehead atoms. The summed E-state index contributed by atoms with van der Waals surface area (Å²) in [5.74, 6) is -0.631. The van der Waals surface area contributed by atoms with E-state index in [0.29, 0.717) is 11.1 Å². The lowest BCUT2D eigenvalue weighted by atomic mass is 10.1. The zero-order valence-corrected chi connectivity index (χ0v) is 8.54.